The van der Waals surface area contributed by atoms with Gasteiger partial charge in [-0.05, 0) is 160 Å². The van der Waals surface area contributed by atoms with Gasteiger partial charge < -0.3 is 20.2 Å². The van der Waals surface area contributed by atoms with Crippen molar-refractivity contribution in [1.82, 2.24) is 0 Å². The summed E-state index contributed by atoms with van der Waals surface area (Å²) in [5.74, 6) is 0. The molecule has 3 N–H and O–H groups in total. The van der Waals surface area contributed by atoms with E-state index in [0.717, 1.165) is 99.5 Å². The van der Waals surface area contributed by atoms with E-state index in [0.29, 0.717) is 0 Å². The van der Waals surface area contributed by atoms with E-state index < -0.39 is 16.8 Å². The molecule has 0 fully saturated rings. The lowest BCUT2D eigenvalue weighted by molar-refractivity contribution is 0.0787. The molecule has 0 aliphatic rings. The van der Waals surface area contributed by atoms with Crippen LogP contribution < -0.4 is 4.90 Å². The molecule has 0 radical (unpaired) electrons. The smallest absolute Gasteiger partial charge is 0.0846 e. The Hall–Kier alpha value is -6.56. The fourth-order valence-corrected chi connectivity index (χ4v) is 9.06. The van der Waals surface area contributed by atoms with E-state index in [1.165, 1.54) is 0 Å². The Morgan fingerprint density at radius 3 is 0.787 bits per heavy atom. The van der Waals surface area contributed by atoms with Gasteiger partial charge in [-0.1, -0.05) is 146 Å². The highest BCUT2D eigenvalue weighted by atomic mass is 16.3. The van der Waals surface area contributed by atoms with Crippen molar-refractivity contribution in [3.8, 4) is 33.4 Å². The fourth-order valence-electron chi connectivity index (χ4n) is 9.06. The van der Waals surface area contributed by atoms with Gasteiger partial charge >= 0.3 is 0 Å². The summed E-state index contributed by atoms with van der Waals surface area (Å²) in [4.78, 5) is 2.26. The zero-order valence-corrected chi connectivity index (χ0v) is 35.6. The van der Waals surface area contributed by atoms with Gasteiger partial charge in [-0.25, -0.2) is 0 Å². The molecule has 0 atom stereocenters. The Labute approximate surface area is 358 Å². The molecular weight excluding hydrogens is 747 g/mol. The molecule has 0 aliphatic heterocycles. The lowest BCUT2D eigenvalue weighted by Gasteiger charge is -2.28. The van der Waals surface area contributed by atoms with Gasteiger partial charge in [-0.15, -0.1) is 0 Å². The second kappa shape index (κ2) is 15.2. The maximum Gasteiger partial charge on any atom is 0.0846 e. The number of nitrogens with zero attached hydrogens (tertiary/aromatic N) is 1. The van der Waals surface area contributed by atoms with Crippen LogP contribution in [-0.2, 0) is 16.8 Å². The second-order valence-corrected chi connectivity index (χ2v) is 17.8. The zero-order chi connectivity index (χ0) is 42.7. The third-order valence-corrected chi connectivity index (χ3v) is 12.0. The first-order valence-corrected chi connectivity index (χ1v) is 21.0. The Balaban J connectivity index is 1.19. The summed E-state index contributed by atoms with van der Waals surface area (Å²) in [5, 5.41) is 40.7. The van der Waals surface area contributed by atoms with Crippen LogP contribution in [0.4, 0.5) is 17.1 Å². The molecular formula is C57H51NO3. The van der Waals surface area contributed by atoms with Crippen molar-refractivity contribution in [2.24, 2.45) is 0 Å². The van der Waals surface area contributed by atoms with Crippen molar-refractivity contribution in [3.63, 3.8) is 0 Å². The number of rotatable bonds is 9. The summed E-state index contributed by atoms with van der Waals surface area (Å²) in [6, 6.07) is 63.2. The van der Waals surface area contributed by atoms with Crippen LogP contribution in [0.1, 0.15) is 58.2 Å². The van der Waals surface area contributed by atoms with Gasteiger partial charge in [0.25, 0.3) is 0 Å². The first-order valence-electron chi connectivity index (χ1n) is 21.0. The van der Waals surface area contributed by atoms with E-state index in [9.17, 15) is 15.3 Å². The molecule has 0 spiro atoms. The molecule has 0 aromatic heterocycles. The molecule has 9 aromatic rings. The molecule has 0 aliphatic carbocycles. The quantitative estimate of drug-likeness (QED) is 0.136. The highest BCUT2D eigenvalue weighted by molar-refractivity contribution is 6.01. The van der Waals surface area contributed by atoms with Crippen LogP contribution in [0.25, 0.3) is 65.7 Å². The van der Waals surface area contributed by atoms with Crippen LogP contribution in [-0.4, -0.2) is 15.3 Å². The molecule has 61 heavy (non-hydrogen) atoms. The highest BCUT2D eigenvalue weighted by Gasteiger charge is 2.26. The third-order valence-electron chi connectivity index (χ3n) is 12.0. The van der Waals surface area contributed by atoms with Crippen LogP contribution >= 0.6 is 0 Å². The molecule has 9 aromatic carbocycles. The lowest BCUT2D eigenvalue weighted by Crippen LogP contribution is -2.17. The first kappa shape index (κ1) is 39.9. The van der Waals surface area contributed by atoms with Gasteiger partial charge in [0.05, 0.1) is 16.8 Å². The average molecular weight is 798 g/mol. The Morgan fingerprint density at radius 2 is 0.541 bits per heavy atom. The molecule has 0 saturated heterocycles. The van der Waals surface area contributed by atoms with Crippen molar-refractivity contribution < 1.29 is 15.3 Å². The molecule has 0 amide bonds. The van der Waals surface area contributed by atoms with Gasteiger partial charge in [0.15, 0.2) is 0 Å². The van der Waals surface area contributed by atoms with Crippen molar-refractivity contribution >= 4 is 49.4 Å². The van der Waals surface area contributed by atoms with Gasteiger partial charge in [-0.3, -0.25) is 0 Å². The molecule has 9 rings (SSSR count). The minimum Gasteiger partial charge on any atom is -0.386 e. The zero-order valence-electron chi connectivity index (χ0n) is 35.6. The summed E-state index contributed by atoms with van der Waals surface area (Å²) < 4.78 is 0. The minimum absolute atomic E-state index is 0.875. The molecule has 4 nitrogen and oxygen atoms in total. The van der Waals surface area contributed by atoms with Crippen LogP contribution in [0.3, 0.4) is 0 Å². The van der Waals surface area contributed by atoms with Crippen LogP contribution in [0.2, 0.25) is 0 Å². The van der Waals surface area contributed by atoms with Crippen molar-refractivity contribution in [2.75, 3.05) is 4.90 Å². The average Bonchev–Trinajstić information content (AvgIpc) is 3.25. The number of hydrogen-bond donors (Lipinski definition) is 3. The number of hydrogen-bond acceptors (Lipinski definition) is 4. The second-order valence-electron chi connectivity index (χ2n) is 17.8. The number of anilines is 3. The van der Waals surface area contributed by atoms with Gasteiger partial charge in [-0.2, -0.15) is 0 Å². The lowest BCUT2D eigenvalue weighted by atomic mass is 9.85. The number of benzene rings is 9. The van der Waals surface area contributed by atoms with Crippen molar-refractivity contribution in [2.45, 2.75) is 58.3 Å². The summed E-state index contributed by atoms with van der Waals surface area (Å²) in [6.07, 6.45) is 0. The molecule has 0 heterocycles. The van der Waals surface area contributed by atoms with E-state index in [1.807, 2.05) is 77.9 Å². The SMILES string of the molecule is CC(C)(O)c1ccc2ccccc2c1-c1ccc(N(c2ccc(-c3c(C(C)(C)O)ccc4ccccc34)cc2)c2ccc(-c3c(C(C)(C)O)ccc4ccccc34)cc2)cc1. The Bertz CT molecular complexity index is 2720. The largest absolute Gasteiger partial charge is 0.386 e. The van der Waals surface area contributed by atoms with Crippen LogP contribution in [0.5, 0.6) is 0 Å². The molecule has 0 unspecified atom stereocenters. The van der Waals surface area contributed by atoms with E-state index in [4.69, 9.17) is 0 Å². The van der Waals surface area contributed by atoms with Gasteiger partial charge in [0, 0.05) is 17.1 Å². The number of fused-ring (bicyclic) bond motifs is 3. The van der Waals surface area contributed by atoms with E-state index in [1.54, 1.807) is 0 Å². The standard InChI is InChI=1S/C57H51NO3/c1-55(2,59)49-34-25-37-13-7-10-16-46(37)52(49)40-19-28-43(29-20-40)58(44-30-21-41(22-31-44)53-47-17-11-8-14-38(47)26-35-50(53)56(3,4)60)45-32-23-42(24-33-45)54-48-18-12-9-15-39(48)27-36-51(54)57(5,6)61/h7-36,59-61H,1-6H3. The van der Waals surface area contributed by atoms with Crippen molar-refractivity contribution in [3.05, 3.63) is 199 Å². The molecule has 0 saturated carbocycles. The number of aliphatic hydroxyl groups is 3. The molecule has 0 bridgehead atoms. The Morgan fingerprint density at radius 1 is 0.295 bits per heavy atom. The normalized spacial score (nSPS) is 12.3. The summed E-state index contributed by atoms with van der Waals surface area (Å²) in [6.45, 7) is 11.1. The van der Waals surface area contributed by atoms with Crippen molar-refractivity contribution in [1.29, 1.82) is 0 Å². The van der Waals surface area contributed by atoms with Crippen LogP contribution in [0, 0.1) is 0 Å². The predicted molar refractivity (Wildman–Crippen MR) is 256 cm³/mol. The summed E-state index contributed by atoms with van der Waals surface area (Å²) in [5.41, 5.74) is 8.54. The van der Waals surface area contributed by atoms with Gasteiger partial charge in [0.1, 0.15) is 0 Å². The van der Waals surface area contributed by atoms with Gasteiger partial charge in [0.2, 0.25) is 0 Å². The van der Waals surface area contributed by atoms with Crippen LogP contribution in [0.15, 0.2) is 182 Å². The molecule has 4 heteroatoms. The first-order chi connectivity index (χ1) is 29.2. The van der Waals surface area contributed by atoms with E-state index in [2.05, 4.69) is 150 Å². The van der Waals surface area contributed by atoms with E-state index in [-0.39, 0.29) is 0 Å². The fraction of sp³-hybridized carbons (Fsp3) is 0.158. The maximum absolute atomic E-state index is 11.3. The topological polar surface area (TPSA) is 63.9 Å². The highest BCUT2D eigenvalue weighted by Crippen LogP contribution is 2.44. The summed E-state index contributed by atoms with van der Waals surface area (Å²) in [7, 11) is 0. The maximum atomic E-state index is 11.3. The Kier molecular flexibility index (Phi) is 9.91. The molecule has 302 valence electrons. The minimum atomic E-state index is -1.04. The summed E-state index contributed by atoms with van der Waals surface area (Å²) >= 11 is 0. The monoisotopic (exact) mass is 797 g/mol. The predicted octanol–water partition coefficient (Wildman–Crippen LogP) is 14.3. The third kappa shape index (κ3) is 7.49. The van der Waals surface area contributed by atoms with E-state index >= 15 is 0 Å².